The molecule has 0 spiro atoms. The van der Waals surface area contributed by atoms with Gasteiger partial charge in [0.15, 0.2) is 5.96 Å². The molecule has 24 heavy (non-hydrogen) atoms. The molecule has 7 nitrogen and oxygen atoms in total. The van der Waals surface area contributed by atoms with E-state index in [-0.39, 0.29) is 12.5 Å². The Morgan fingerprint density at radius 1 is 1.29 bits per heavy atom. The van der Waals surface area contributed by atoms with Gasteiger partial charge in [0.2, 0.25) is 5.91 Å². The first kappa shape index (κ1) is 20.7. The number of nitrogens with zero attached hydrogens (tertiary/aromatic N) is 2. The Labute approximate surface area is 146 Å². The van der Waals surface area contributed by atoms with Crippen LogP contribution in [0.3, 0.4) is 0 Å². The first-order valence-corrected chi connectivity index (χ1v) is 9.01. The fourth-order valence-electron chi connectivity index (χ4n) is 2.19. The van der Waals surface area contributed by atoms with Crippen LogP contribution in [-0.4, -0.2) is 76.9 Å². The van der Waals surface area contributed by atoms with E-state index < -0.39 is 0 Å². The lowest BCUT2D eigenvalue weighted by Gasteiger charge is -2.14. The molecule has 0 radical (unpaired) electrons. The Kier molecular flexibility index (Phi) is 11.2. The number of guanidine groups is 1. The van der Waals surface area contributed by atoms with Crippen LogP contribution in [0.2, 0.25) is 0 Å². The fourth-order valence-corrected chi connectivity index (χ4v) is 2.19. The summed E-state index contributed by atoms with van der Waals surface area (Å²) in [4.78, 5) is 17.5. The third-order valence-electron chi connectivity index (χ3n) is 3.83. The van der Waals surface area contributed by atoms with Gasteiger partial charge in [0.25, 0.3) is 0 Å². The van der Waals surface area contributed by atoms with Crippen molar-refractivity contribution in [2.75, 3.05) is 60.2 Å². The maximum absolute atomic E-state index is 11.7. The third kappa shape index (κ3) is 9.72. The summed E-state index contributed by atoms with van der Waals surface area (Å²) < 4.78 is 11.0. The van der Waals surface area contributed by atoms with Gasteiger partial charge in [-0.15, -0.1) is 0 Å². The zero-order valence-corrected chi connectivity index (χ0v) is 15.5. The molecular formula is C17H34N4O3. The Bertz CT molecular complexity index is 369. The summed E-state index contributed by atoms with van der Waals surface area (Å²) in [7, 11) is 3.48. The lowest BCUT2D eigenvalue weighted by Crippen LogP contribution is -2.39. The number of likely N-dealkylation sites (N-methyl/N-ethyl adjacent to an activating group) is 1. The lowest BCUT2D eigenvalue weighted by molar-refractivity contribution is -0.127. The summed E-state index contributed by atoms with van der Waals surface area (Å²) in [6.07, 6.45) is 4.21. The second kappa shape index (κ2) is 13.0. The predicted octanol–water partition coefficient (Wildman–Crippen LogP) is 0.853. The number of amides is 1. The maximum Gasteiger partial charge on any atom is 0.243 e. The average molecular weight is 342 g/mol. The van der Waals surface area contributed by atoms with Crippen LogP contribution >= 0.6 is 0 Å². The van der Waals surface area contributed by atoms with Gasteiger partial charge in [0.1, 0.15) is 6.54 Å². The molecule has 0 bridgehead atoms. The zero-order valence-electron chi connectivity index (χ0n) is 15.5. The average Bonchev–Trinajstić information content (AvgIpc) is 3.08. The molecule has 1 unspecified atom stereocenters. The van der Waals surface area contributed by atoms with Gasteiger partial charge in [-0.1, -0.05) is 13.3 Å². The second-order valence-electron chi connectivity index (χ2n) is 6.32. The van der Waals surface area contributed by atoms with Crippen molar-refractivity contribution >= 4 is 11.9 Å². The highest BCUT2D eigenvalue weighted by Gasteiger charge is 2.15. The van der Waals surface area contributed by atoms with Crippen LogP contribution < -0.4 is 10.6 Å². The molecule has 140 valence electrons. The molecule has 1 aliphatic rings. The molecule has 1 amide bonds. The molecule has 0 aliphatic carbocycles. The third-order valence-corrected chi connectivity index (χ3v) is 3.83. The number of rotatable bonds is 11. The SMILES string of the molecule is CCCCNC(=NCC(=O)N(C)C)NCCCOCC1CCOC1. The largest absolute Gasteiger partial charge is 0.381 e. The minimum absolute atomic E-state index is 0.00583. The minimum Gasteiger partial charge on any atom is -0.381 e. The van der Waals surface area contributed by atoms with Gasteiger partial charge in [-0.05, 0) is 19.3 Å². The Morgan fingerprint density at radius 3 is 2.67 bits per heavy atom. The monoisotopic (exact) mass is 342 g/mol. The molecule has 0 aromatic heterocycles. The van der Waals surface area contributed by atoms with E-state index in [9.17, 15) is 4.79 Å². The molecule has 1 saturated heterocycles. The normalized spacial score (nSPS) is 17.8. The summed E-state index contributed by atoms with van der Waals surface area (Å²) in [5.41, 5.74) is 0. The zero-order chi connectivity index (χ0) is 17.6. The van der Waals surface area contributed by atoms with Crippen molar-refractivity contribution in [1.82, 2.24) is 15.5 Å². The minimum atomic E-state index is -0.00583. The van der Waals surface area contributed by atoms with Crippen molar-refractivity contribution in [3.8, 4) is 0 Å². The first-order valence-electron chi connectivity index (χ1n) is 9.01. The quantitative estimate of drug-likeness (QED) is 0.331. The van der Waals surface area contributed by atoms with Crippen LogP contribution in [0.5, 0.6) is 0 Å². The van der Waals surface area contributed by atoms with Crippen molar-refractivity contribution in [2.24, 2.45) is 10.9 Å². The van der Waals surface area contributed by atoms with E-state index in [4.69, 9.17) is 9.47 Å². The van der Waals surface area contributed by atoms with Gasteiger partial charge in [0.05, 0.1) is 13.2 Å². The molecule has 1 aliphatic heterocycles. The summed E-state index contributed by atoms with van der Waals surface area (Å²) >= 11 is 0. The molecule has 0 saturated carbocycles. The second-order valence-corrected chi connectivity index (χ2v) is 6.32. The van der Waals surface area contributed by atoms with Crippen LogP contribution in [0.4, 0.5) is 0 Å². The highest BCUT2D eigenvalue weighted by molar-refractivity contribution is 5.84. The van der Waals surface area contributed by atoms with Crippen molar-refractivity contribution in [3.05, 3.63) is 0 Å². The topological polar surface area (TPSA) is 75.2 Å². The molecule has 1 rings (SSSR count). The smallest absolute Gasteiger partial charge is 0.243 e. The lowest BCUT2D eigenvalue weighted by atomic mass is 10.1. The van der Waals surface area contributed by atoms with E-state index in [1.54, 1.807) is 19.0 Å². The highest BCUT2D eigenvalue weighted by Crippen LogP contribution is 2.12. The number of carbonyl (C=O) groups is 1. The number of carbonyl (C=O) groups excluding carboxylic acids is 1. The van der Waals surface area contributed by atoms with Gasteiger partial charge >= 0.3 is 0 Å². The first-order chi connectivity index (χ1) is 11.6. The van der Waals surface area contributed by atoms with E-state index in [1.807, 2.05) is 0 Å². The Hall–Kier alpha value is -1.34. The van der Waals surface area contributed by atoms with Crippen LogP contribution in [-0.2, 0) is 14.3 Å². The Morgan fingerprint density at radius 2 is 2.04 bits per heavy atom. The number of nitrogens with one attached hydrogen (secondary N) is 2. The van der Waals surface area contributed by atoms with E-state index >= 15 is 0 Å². The summed E-state index contributed by atoms with van der Waals surface area (Å²) in [6, 6.07) is 0. The van der Waals surface area contributed by atoms with E-state index in [0.29, 0.717) is 11.9 Å². The van der Waals surface area contributed by atoms with Gasteiger partial charge in [0, 0.05) is 46.3 Å². The number of hydrogen-bond acceptors (Lipinski definition) is 4. The van der Waals surface area contributed by atoms with Crippen LogP contribution in [0.1, 0.15) is 32.6 Å². The standard InChI is InChI=1S/C17H34N4O3/c1-4-5-8-18-17(20-12-16(22)21(2)3)19-9-6-10-23-13-15-7-11-24-14-15/h15H,4-14H2,1-3H3,(H2,18,19,20). The maximum atomic E-state index is 11.7. The molecular weight excluding hydrogens is 308 g/mol. The predicted molar refractivity (Wildman–Crippen MR) is 96.3 cm³/mol. The van der Waals surface area contributed by atoms with E-state index in [1.165, 1.54) is 0 Å². The van der Waals surface area contributed by atoms with Gasteiger partial charge < -0.3 is 25.0 Å². The van der Waals surface area contributed by atoms with Gasteiger partial charge in [-0.25, -0.2) is 4.99 Å². The number of ether oxygens (including phenoxy) is 2. The van der Waals surface area contributed by atoms with E-state index in [0.717, 1.165) is 65.2 Å². The summed E-state index contributed by atoms with van der Waals surface area (Å²) in [6.45, 7) is 7.14. The van der Waals surface area contributed by atoms with Gasteiger partial charge in [-0.2, -0.15) is 0 Å². The highest BCUT2D eigenvalue weighted by atomic mass is 16.5. The number of aliphatic imine (C=N–C) groups is 1. The van der Waals surface area contributed by atoms with Gasteiger partial charge in [-0.3, -0.25) is 4.79 Å². The van der Waals surface area contributed by atoms with Crippen LogP contribution in [0.15, 0.2) is 4.99 Å². The number of hydrogen-bond donors (Lipinski definition) is 2. The molecule has 1 heterocycles. The van der Waals surface area contributed by atoms with Crippen molar-refractivity contribution < 1.29 is 14.3 Å². The molecule has 2 N–H and O–H groups in total. The van der Waals surface area contributed by atoms with Crippen molar-refractivity contribution in [2.45, 2.75) is 32.6 Å². The molecule has 0 aromatic rings. The Balaban J connectivity index is 2.19. The van der Waals surface area contributed by atoms with Crippen LogP contribution in [0, 0.1) is 5.92 Å². The molecule has 1 atom stereocenters. The molecule has 1 fully saturated rings. The summed E-state index contributed by atoms with van der Waals surface area (Å²) in [5.74, 6) is 1.25. The van der Waals surface area contributed by atoms with Crippen molar-refractivity contribution in [1.29, 1.82) is 0 Å². The van der Waals surface area contributed by atoms with Crippen LogP contribution in [0.25, 0.3) is 0 Å². The fraction of sp³-hybridized carbons (Fsp3) is 0.882. The van der Waals surface area contributed by atoms with Crippen molar-refractivity contribution in [3.63, 3.8) is 0 Å². The number of unbranched alkanes of at least 4 members (excludes halogenated alkanes) is 1. The summed E-state index contributed by atoms with van der Waals surface area (Å²) in [5, 5.41) is 6.53. The molecule has 0 aromatic carbocycles. The van der Waals surface area contributed by atoms with E-state index in [2.05, 4.69) is 22.5 Å². The molecule has 7 heteroatoms.